The van der Waals surface area contributed by atoms with Crippen LogP contribution in [0.2, 0.25) is 0 Å². The van der Waals surface area contributed by atoms with Gasteiger partial charge in [-0.3, -0.25) is 0 Å². The third-order valence-corrected chi connectivity index (χ3v) is 4.70. The Morgan fingerprint density at radius 3 is 2.52 bits per heavy atom. The second-order valence-electron chi connectivity index (χ2n) is 5.02. The number of hydrogen-bond acceptors (Lipinski definition) is 4. The molecule has 21 heavy (non-hydrogen) atoms. The van der Waals surface area contributed by atoms with Crippen molar-refractivity contribution in [2.45, 2.75) is 31.7 Å². The minimum absolute atomic E-state index is 0.157. The van der Waals surface area contributed by atoms with Crippen LogP contribution in [-0.4, -0.2) is 28.1 Å². The van der Waals surface area contributed by atoms with Gasteiger partial charge < -0.3 is 10.5 Å². The number of sulfonamides is 1. The third-order valence-electron chi connectivity index (χ3n) is 3.15. The van der Waals surface area contributed by atoms with Gasteiger partial charge in [0.25, 0.3) is 0 Å². The van der Waals surface area contributed by atoms with Crippen LogP contribution < -0.4 is 15.2 Å². The fourth-order valence-corrected chi connectivity index (χ4v) is 2.96. The van der Waals surface area contributed by atoms with Crippen molar-refractivity contribution in [2.24, 2.45) is 11.7 Å². The molecule has 5 nitrogen and oxygen atoms in total. The summed E-state index contributed by atoms with van der Waals surface area (Å²) in [4.78, 5) is 0.164. The van der Waals surface area contributed by atoms with Crippen LogP contribution in [0.5, 0.6) is 5.75 Å². The van der Waals surface area contributed by atoms with Crippen LogP contribution in [0, 0.1) is 17.8 Å². The Hall–Kier alpha value is -1.55. The molecule has 0 aromatic heterocycles. The number of benzene rings is 1. The van der Waals surface area contributed by atoms with E-state index < -0.39 is 10.0 Å². The van der Waals surface area contributed by atoms with Crippen LogP contribution in [-0.2, 0) is 10.0 Å². The lowest BCUT2D eigenvalue weighted by molar-refractivity contribution is 0.413. The lowest BCUT2D eigenvalue weighted by atomic mass is 10.1. The van der Waals surface area contributed by atoms with E-state index in [0.29, 0.717) is 11.3 Å². The van der Waals surface area contributed by atoms with Gasteiger partial charge >= 0.3 is 0 Å². The Bertz CT molecular complexity index is 643. The quantitative estimate of drug-likeness (QED) is 0.804. The van der Waals surface area contributed by atoms with E-state index in [1.54, 1.807) is 6.07 Å². The van der Waals surface area contributed by atoms with E-state index in [0.717, 1.165) is 0 Å². The molecule has 6 heteroatoms. The predicted molar refractivity (Wildman–Crippen MR) is 83.5 cm³/mol. The Morgan fingerprint density at radius 2 is 2.00 bits per heavy atom. The summed E-state index contributed by atoms with van der Waals surface area (Å²) in [6.07, 6.45) is 0. The van der Waals surface area contributed by atoms with E-state index in [1.165, 1.54) is 19.2 Å². The highest BCUT2D eigenvalue weighted by Crippen LogP contribution is 2.22. The van der Waals surface area contributed by atoms with Gasteiger partial charge in [0, 0.05) is 6.04 Å². The standard InChI is InChI=1S/C15H22N2O3S/c1-11(2)12(3)17-21(18,19)14-7-8-15(20-4)13(10-14)6-5-9-16/h7-8,10-12,17H,9,16H2,1-4H3. The van der Waals surface area contributed by atoms with E-state index in [-0.39, 0.29) is 23.4 Å². The van der Waals surface area contributed by atoms with Gasteiger partial charge in [-0.15, -0.1) is 0 Å². The van der Waals surface area contributed by atoms with Gasteiger partial charge in [-0.2, -0.15) is 0 Å². The van der Waals surface area contributed by atoms with Crippen LogP contribution in [0.4, 0.5) is 0 Å². The van der Waals surface area contributed by atoms with E-state index >= 15 is 0 Å². The largest absolute Gasteiger partial charge is 0.495 e. The smallest absolute Gasteiger partial charge is 0.240 e. The summed E-state index contributed by atoms with van der Waals surface area (Å²) in [5.41, 5.74) is 5.85. The Morgan fingerprint density at radius 1 is 1.33 bits per heavy atom. The molecule has 0 aliphatic carbocycles. The Balaban J connectivity index is 3.19. The number of hydrogen-bond donors (Lipinski definition) is 2. The van der Waals surface area contributed by atoms with Gasteiger partial charge in [0.05, 0.1) is 24.1 Å². The van der Waals surface area contributed by atoms with Crippen molar-refractivity contribution in [1.29, 1.82) is 0 Å². The fourth-order valence-electron chi connectivity index (χ4n) is 1.55. The molecule has 1 atom stereocenters. The molecule has 0 aliphatic heterocycles. The Kier molecular flexibility index (Phi) is 6.21. The first-order chi connectivity index (χ1) is 9.81. The van der Waals surface area contributed by atoms with Gasteiger partial charge in [0.15, 0.2) is 0 Å². The summed E-state index contributed by atoms with van der Waals surface area (Å²) in [7, 11) is -2.07. The monoisotopic (exact) mass is 310 g/mol. The lowest BCUT2D eigenvalue weighted by Crippen LogP contribution is -2.36. The molecule has 0 saturated heterocycles. The molecule has 116 valence electrons. The molecule has 0 spiro atoms. The number of methoxy groups -OCH3 is 1. The second kappa shape index (κ2) is 7.46. The molecule has 0 aliphatic rings. The molecule has 3 N–H and O–H groups in total. The summed E-state index contributed by atoms with van der Waals surface area (Å²) in [5.74, 6) is 6.24. The van der Waals surface area contributed by atoms with Crippen molar-refractivity contribution < 1.29 is 13.2 Å². The Labute approximate surface area is 126 Å². The minimum Gasteiger partial charge on any atom is -0.495 e. The molecule has 0 fully saturated rings. The van der Waals surface area contributed by atoms with Crippen molar-refractivity contribution in [3.8, 4) is 17.6 Å². The van der Waals surface area contributed by atoms with Crippen molar-refractivity contribution in [3.63, 3.8) is 0 Å². The maximum Gasteiger partial charge on any atom is 0.240 e. The van der Waals surface area contributed by atoms with Gasteiger partial charge in [0.2, 0.25) is 10.0 Å². The first-order valence-corrected chi connectivity index (χ1v) is 8.19. The van der Waals surface area contributed by atoms with Gasteiger partial charge in [0.1, 0.15) is 5.75 Å². The average Bonchev–Trinajstić information content (AvgIpc) is 2.44. The molecule has 1 unspecified atom stereocenters. The predicted octanol–water partition coefficient (Wildman–Crippen LogP) is 1.33. The van der Waals surface area contributed by atoms with E-state index in [2.05, 4.69) is 16.6 Å². The van der Waals surface area contributed by atoms with Crippen LogP contribution in [0.25, 0.3) is 0 Å². The normalized spacial score (nSPS) is 12.7. The van der Waals surface area contributed by atoms with Gasteiger partial charge in [-0.05, 0) is 31.0 Å². The van der Waals surface area contributed by atoms with Gasteiger partial charge in [-0.25, -0.2) is 13.1 Å². The summed E-state index contributed by atoms with van der Waals surface area (Å²) in [5, 5.41) is 0. The van der Waals surface area contributed by atoms with E-state index in [4.69, 9.17) is 10.5 Å². The number of ether oxygens (including phenoxy) is 1. The van der Waals surface area contributed by atoms with Crippen LogP contribution in [0.1, 0.15) is 26.3 Å². The molecule has 1 aromatic rings. The lowest BCUT2D eigenvalue weighted by Gasteiger charge is -2.17. The summed E-state index contributed by atoms with van der Waals surface area (Å²) in [6.45, 7) is 5.95. The first-order valence-electron chi connectivity index (χ1n) is 6.71. The molecule has 0 saturated carbocycles. The zero-order valence-corrected chi connectivity index (χ0v) is 13.6. The maximum absolute atomic E-state index is 12.3. The third kappa shape index (κ3) is 4.74. The van der Waals surface area contributed by atoms with Crippen molar-refractivity contribution in [3.05, 3.63) is 23.8 Å². The molecule has 0 heterocycles. The summed E-state index contributed by atoms with van der Waals surface area (Å²) >= 11 is 0. The van der Waals surface area contributed by atoms with Crippen LogP contribution >= 0.6 is 0 Å². The maximum atomic E-state index is 12.3. The summed E-state index contributed by atoms with van der Waals surface area (Å²) in [6, 6.07) is 4.43. The highest BCUT2D eigenvalue weighted by atomic mass is 32.2. The van der Waals surface area contributed by atoms with E-state index in [9.17, 15) is 8.42 Å². The van der Waals surface area contributed by atoms with Crippen LogP contribution in [0.3, 0.4) is 0 Å². The first kappa shape index (κ1) is 17.5. The molecular formula is C15H22N2O3S. The average molecular weight is 310 g/mol. The summed E-state index contributed by atoms with van der Waals surface area (Å²) < 4.78 is 32.5. The highest BCUT2D eigenvalue weighted by molar-refractivity contribution is 7.89. The van der Waals surface area contributed by atoms with Crippen molar-refractivity contribution >= 4 is 10.0 Å². The number of rotatable bonds is 5. The number of nitrogens with one attached hydrogen (secondary N) is 1. The van der Waals surface area contributed by atoms with Crippen LogP contribution in [0.15, 0.2) is 23.1 Å². The van der Waals surface area contributed by atoms with Crippen molar-refractivity contribution in [1.82, 2.24) is 4.72 Å². The van der Waals surface area contributed by atoms with E-state index in [1.807, 2.05) is 20.8 Å². The molecule has 0 radical (unpaired) electrons. The minimum atomic E-state index is -3.58. The second-order valence-corrected chi connectivity index (χ2v) is 6.74. The fraction of sp³-hybridized carbons (Fsp3) is 0.467. The van der Waals surface area contributed by atoms with Gasteiger partial charge in [-0.1, -0.05) is 25.7 Å². The zero-order valence-electron chi connectivity index (χ0n) is 12.8. The zero-order chi connectivity index (χ0) is 16.0. The SMILES string of the molecule is COc1ccc(S(=O)(=O)NC(C)C(C)C)cc1C#CCN. The number of nitrogens with two attached hydrogens (primary N) is 1. The topological polar surface area (TPSA) is 81.4 Å². The highest BCUT2D eigenvalue weighted by Gasteiger charge is 2.20. The molecule has 0 bridgehead atoms. The molecule has 1 rings (SSSR count). The molecule has 1 aromatic carbocycles. The molecular weight excluding hydrogens is 288 g/mol. The van der Waals surface area contributed by atoms with Crippen molar-refractivity contribution in [2.75, 3.05) is 13.7 Å². The molecule has 0 amide bonds.